The van der Waals surface area contributed by atoms with Crippen molar-refractivity contribution in [3.63, 3.8) is 0 Å². The average molecular weight is 603 g/mol. The van der Waals surface area contributed by atoms with Gasteiger partial charge in [-0.3, -0.25) is 4.79 Å². The molecule has 4 aromatic rings. The highest BCUT2D eigenvalue weighted by molar-refractivity contribution is 6.08. The fourth-order valence-electron chi connectivity index (χ4n) is 5.57. The first-order valence-corrected chi connectivity index (χ1v) is 14.4. The molecule has 0 spiro atoms. The van der Waals surface area contributed by atoms with Crippen molar-refractivity contribution >= 4 is 11.8 Å². The van der Waals surface area contributed by atoms with Gasteiger partial charge in [0.2, 0.25) is 0 Å². The van der Waals surface area contributed by atoms with Crippen LogP contribution in [0.5, 0.6) is 0 Å². The highest BCUT2D eigenvalue weighted by Gasteiger charge is 2.30. The van der Waals surface area contributed by atoms with Crippen LogP contribution in [0.3, 0.4) is 0 Å². The number of benzene rings is 3. The van der Waals surface area contributed by atoms with E-state index in [4.69, 9.17) is 0 Å². The van der Waals surface area contributed by atoms with Crippen LogP contribution in [0.2, 0.25) is 0 Å². The minimum atomic E-state index is -1.40. The lowest BCUT2D eigenvalue weighted by atomic mass is 9.90. The van der Waals surface area contributed by atoms with Crippen LogP contribution >= 0.6 is 0 Å². The molecule has 1 aromatic heterocycles. The summed E-state index contributed by atoms with van der Waals surface area (Å²) < 4.78 is 16.0. The second-order valence-corrected chi connectivity index (χ2v) is 11.1. The number of ketones is 1. The van der Waals surface area contributed by atoms with Crippen molar-refractivity contribution in [2.45, 2.75) is 78.2 Å². The van der Waals surface area contributed by atoms with Gasteiger partial charge in [-0.05, 0) is 65.3 Å². The predicted octanol–water partition coefficient (Wildman–Crippen LogP) is 5.28. The maximum Gasteiger partial charge on any atom is 0.169 e. The summed E-state index contributed by atoms with van der Waals surface area (Å²) in [6.07, 6.45) is -2.68. The SMILES string of the molecule is C.CC(C)c1c(C(=O)Cc2ccc(CO)cc2)c(-c2ccccc2)c(-c2ccc(F)cc2)n1CC[C@@H](O)C[C@@H](O)CC(=O)[O-]. The summed E-state index contributed by atoms with van der Waals surface area (Å²) in [6, 6.07) is 22.8. The van der Waals surface area contributed by atoms with Crippen molar-refractivity contribution in [1.29, 1.82) is 0 Å². The van der Waals surface area contributed by atoms with Gasteiger partial charge in [0.15, 0.2) is 5.78 Å². The summed E-state index contributed by atoms with van der Waals surface area (Å²) >= 11 is 0. The Balaban J connectivity index is 0.00000529. The topological polar surface area (TPSA) is 123 Å². The Morgan fingerprint density at radius 2 is 1.48 bits per heavy atom. The Labute approximate surface area is 258 Å². The van der Waals surface area contributed by atoms with Gasteiger partial charge in [-0.15, -0.1) is 0 Å². The number of hydrogen-bond acceptors (Lipinski definition) is 6. The molecule has 0 aliphatic rings. The predicted molar refractivity (Wildman–Crippen MR) is 167 cm³/mol. The van der Waals surface area contributed by atoms with Crippen LogP contribution in [-0.2, 0) is 24.4 Å². The molecule has 0 fully saturated rings. The number of nitrogens with zero attached hydrogens (tertiary/aromatic N) is 1. The van der Waals surface area contributed by atoms with E-state index in [1.54, 1.807) is 24.3 Å². The standard InChI is InChI=1S/C35H38FNO6.CH4/c1-22(2)34-33(30(41)18-23-8-10-24(21-38)11-9-23)32(25-6-4-3-5-7-25)35(26-12-14-27(36)15-13-26)37(34)17-16-28(39)19-29(40)20-31(42)43;/h3-15,22,28-29,38-40H,16-21H2,1-2H3,(H,42,43);1H4/p-1/t28-,29-;/m1./s1. The fourth-order valence-corrected chi connectivity index (χ4v) is 5.57. The third kappa shape index (κ3) is 8.29. The largest absolute Gasteiger partial charge is 0.550 e. The van der Waals surface area contributed by atoms with Crippen LogP contribution in [0.1, 0.15) is 73.6 Å². The number of carboxylic acid groups (broad SMARTS) is 1. The zero-order valence-electron chi connectivity index (χ0n) is 24.4. The molecule has 4 rings (SSSR count). The summed E-state index contributed by atoms with van der Waals surface area (Å²) in [4.78, 5) is 25.1. The number of Topliss-reactive ketones (excluding diaryl/α,β-unsaturated/α-hetero) is 1. The molecule has 0 saturated heterocycles. The molecule has 0 bridgehead atoms. The van der Waals surface area contributed by atoms with Gasteiger partial charge in [0, 0.05) is 42.2 Å². The van der Waals surface area contributed by atoms with E-state index in [1.165, 1.54) is 12.1 Å². The first-order chi connectivity index (χ1) is 20.6. The van der Waals surface area contributed by atoms with Crippen LogP contribution in [0.4, 0.5) is 4.39 Å². The summed E-state index contributed by atoms with van der Waals surface area (Å²) in [5.74, 6) is -2.01. The van der Waals surface area contributed by atoms with Crippen molar-refractivity contribution < 1.29 is 34.4 Å². The molecule has 234 valence electrons. The summed E-state index contributed by atoms with van der Waals surface area (Å²) in [5.41, 5.74) is 5.76. The Morgan fingerprint density at radius 3 is 2.05 bits per heavy atom. The lowest BCUT2D eigenvalue weighted by Crippen LogP contribution is -2.29. The molecule has 0 amide bonds. The van der Waals surface area contributed by atoms with Crippen molar-refractivity contribution in [2.75, 3.05) is 0 Å². The normalized spacial score (nSPS) is 12.5. The molecule has 3 aromatic carbocycles. The molecule has 8 heteroatoms. The first-order valence-electron chi connectivity index (χ1n) is 14.4. The van der Waals surface area contributed by atoms with E-state index in [9.17, 15) is 34.4 Å². The van der Waals surface area contributed by atoms with Crippen molar-refractivity contribution in [1.82, 2.24) is 4.57 Å². The summed E-state index contributed by atoms with van der Waals surface area (Å²) in [7, 11) is 0. The molecule has 0 aliphatic carbocycles. The van der Waals surface area contributed by atoms with Crippen molar-refractivity contribution in [2.24, 2.45) is 0 Å². The Kier molecular flexibility index (Phi) is 12.2. The average Bonchev–Trinajstić information content (AvgIpc) is 3.32. The number of carbonyl (C=O) groups is 2. The number of halogens is 1. The number of hydrogen-bond donors (Lipinski definition) is 3. The van der Waals surface area contributed by atoms with Crippen LogP contribution in [0.25, 0.3) is 22.4 Å². The number of carboxylic acids is 1. The molecular weight excluding hydrogens is 561 g/mol. The maximum atomic E-state index is 14.3. The van der Waals surface area contributed by atoms with Gasteiger partial charge < -0.3 is 29.8 Å². The molecule has 3 N–H and O–H groups in total. The number of aliphatic hydroxyl groups excluding tert-OH is 3. The zero-order chi connectivity index (χ0) is 31.1. The summed E-state index contributed by atoms with van der Waals surface area (Å²) in [5, 5.41) is 41.1. The maximum absolute atomic E-state index is 14.3. The molecule has 2 atom stereocenters. The monoisotopic (exact) mass is 602 g/mol. The smallest absolute Gasteiger partial charge is 0.169 e. The molecular formula is C36H41FNO6-. The summed E-state index contributed by atoms with van der Waals surface area (Å²) in [6.45, 7) is 4.14. The van der Waals surface area contributed by atoms with Gasteiger partial charge in [-0.25, -0.2) is 4.39 Å². The highest BCUT2D eigenvalue weighted by atomic mass is 19.1. The molecule has 0 saturated carbocycles. The lowest BCUT2D eigenvalue weighted by Gasteiger charge is -2.20. The van der Waals surface area contributed by atoms with E-state index in [0.717, 1.165) is 22.4 Å². The number of rotatable bonds is 14. The van der Waals surface area contributed by atoms with E-state index in [2.05, 4.69) is 0 Å². The van der Waals surface area contributed by atoms with Crippen LogP contribution in [0, 0.1) is 5.82 Å². The molecule has 0 radical (unpaired) electrons. The van der Waals surface area contributed by atoms with Gasteiger partial charge in [-0.2, -0.15) is 0 Å². The minimum Gasteiger partial charge on any atom is -0.550 e. The Bertz CT molecular complexity index is 1530. The van der Waals surface area contributed by atoms with Crippen LogP contribution in [0.15, 0.2) is 78.9 Å². The zero-order valence-corrected chi connectivity index (χ0v) is 24.4. The number of aromatic nitrogens is 1. The van der Waals surface area contributed by atoms with Gasteiger partial charge in [0.25, 0.3) is 0 Å². The van der Waals surface area contributed by atoms with E-state index < -0.39 is 30.4 Å². The van der Waals surface area contributed by atoms with Crippen molar-refractivity contribution in [3.05, 3.63) is 107 Å². The van der Waals surface area contributed by atoms with Gasteiger partial charge in [0.1, 0.15) is 5.82 Å². The third-order valence-corrected chi connectivity index (χ3v) is 7.51. The van der Waals surface area contributed by atoms with Gasteiger partial charge in [0.05, 0.1) is 24.5 Å². The van der Waals surface area contributed by atoms with E-state index in [-0.39, 0.29) is 51.5 Å². The van der Waals surface area contributed by atoms with Gasteiger partial charge in [-0.1, -0.05) is 75.9 Å². The van der Waals surface area contributed by atoms with Crippen LogP contribution in [-0.4, -0.2) is 43.8 Å². The quantitative estimate of drug-likeness (QED) is 0.169. The Morgan fingerprint density at radius 1 is 0.864 bits per heavy atom. The minimum absolute atomic E-state index is 0. The second-order valence-electron chi connectivity index (χ2n) is 11.1. The van der Waals surface area contributed by atoms with Crippen LogP contribution < -0.4 is 5.11 Å². The van der Waals surface area contributed by atoms with E-state index >= 15 is 0 Å². The molecule has 0 unspecified atom stereocenters. The van der Waals surface area contributed by atoms with E-state index in [1.807, 2.05) is 60.9 Å². The fraction of sp³-hybridized carbons (Fsp3) is 0.333. The highest BCUT2D eigenvalue weighted by Crippen LogP contribution is 2.43. The number of aliphatic hydroxyl groups is 3. The van der Waals surface area contributed by atoms with Crippen molar-refractivity contribution in [3.8, 4) is 22.4 Å². The molecule has 44 heavy (non-hydrogen) atoms. The molecule has 7 nitrogen and oxygen atoms in total. The van der Waals surface area contributed by atoms with Gasteiger partial charge >= 0.3 is 0 Å². The number of carbonyl (C=O) groups excluding carboxylic acids is 2. The lowest BCUT2D eigenvalue weighted by molar-refractivity contribution is -0.307. The number of aliphatic carboxylic acids is 1. The third-order valence-electron chi connectivity index (χ3n) is 7.51. The molecule has 0 aliphatic heterocycles. The Hall–Kier alpha value is -4.11. The first kappa shape index (κ1) is 34.4. The molecule has 1 heterocycles. The second kappa shape index (κ2) is 15.6. The van der Waals surface area contributed by atoms with E-state index in [0.29, 0.717) is 22.4 Å².